The Morgan fingerprint density at radius 1 is 1.21 bits per heavy atom. The molecule has 3 amide bonds. The second-order valence-corrected chi connectivity index (χ2v) is 5.43. The summed E-state index contributed by atoms with van der Waals surface area (Å²) >= 11 is 0. The van der Waals surface area contributed by atoms with Crippen LogP contribution in [0.3, 0.4) is 0 Å². The minimum atomic E-state index is -1.43. The Hall–Kier alpha value is -2.65. The maximum absolute atomic E-state index is 12.1. The minimum Gasteiger partial charge on any atom is -0.468 e. The van der Waals surface area contributed by atoms with Crippen LogP contribution in [0, 0.1) is 11.8 Å². The quantitative estimate of drug-likeness (QED) is 0.351. The van der Waals surface area contributed by atoms with Gasteiger partial charge < -0.3 is 25.8 Å². The van der Waals surface area contributed by atoms with Crippen molar-refractivity contribution in [2.75, 3.05) is 14.2 Å². The molecule has 1 heterocycles. The first-order valence-corrected chi connectivity index (χ1v) is 7.27. The van der Waals surface area contributed by atoms with Gasteiger partial charge in [-0.3, -0.25) is 24.0 Å². The molecule has 1 aliphatic heterocycles. The lowest BCUT2D eigenvalue weighted by Crippen LogP contribution is -2.56. The van der Waals surface area contributed by atoms with Crippen molar-refractivity contribution in [3.8, 4) is 0 Å². The van der Waals surface area contributed by atoms with Gasteiger partial charge in [-0.25, -0.2) is 0 Å². The number of primary amides is 1. The second kappa shape index (κ2) is 8.27. The molecule has 0 radical (unpaired) electrons. The SMILES string of the molecule is COC(=O)C(C(=O)OC)[C@H](C)[C@@H](NC(=O)[C@H]1CCC(=O)N1)C(N)=O. The van der Waals surface area contributed by atoms with Gasteiger partial charge in [-0.15, -0.1) is 0 Å². The molecule has 10 heteroatoms. The molecule has 0 aliphatic carbocycles. The summed E-state index contributed by atoms with van der Waals surface area (Å²) in [5, 5.41) is 4.82. The van der Waals surface area contributed by atoms with Gasteiger partial charge in [0.1, 0.15) is 12.1 Å². The van der Waals surface area contributed by atoms with E-state index in [0.29, 0.717) is 0 Å². The fourth-order valence-electron chi connectivity index (χ4n) is 2.50. The third-order valence-electron chi connectivity index (χ3n) is 3.88. The van der Waals surface area contributed by atoms with E-state index in [4.69, 9.17) is 5.73 Å². The number of hydrogen-bond acceptors (Lipinski definition) is 7. The lowest BCUT2D eigenvalue weighted by Gasteiger charge is -2.27. The first kappa shape index (κ1) is 19.4. The summed E-state index contributed by atoms with van der Waals surface area (Å²) < 4.78 is 9.09. The molecule has 24 heavy (non-hydrogen) atoms. The summed E-state index contributed by atoms with van der Waals surface area (Å²) in [6, 6.07) is -2.11. The second-order valence-electron chi connectivity index (χ2n) is 5.43. The zero-order valence-corrected chi connectivity index (χ0v) is 13.7. The molecule has 10 nitrogen and oxygen atoms in total. The summed E-state index contributed by atoms with van der Waals surface area (Å²) in [7, 11) is 2.16. The van der Waals surface area contributed by atoms with Crippen LogP contribution < -0.4 is 16.4 Å². The van der Waals surface area contributed by atoms with Crippen LogP contribution in [0.1, 0.15) is 19.8 Å². The number of rotatable bonds is 7. The van der Waals surface area contributed by atoms with Crippen LogP contribution in [-0.4, -0.2) is 56.0 Å². The summed E-state index contributed by atoms with van der Waals surface area (Å²) in [4.78, 5) is 58.7. The van der Waals surface area contributed by atoms with Crippen molar-refractivity contribution in [1.82, 2.24) is 10.6 Å². The van der Waals surface area contributed by atoms with Crippen LogP contribution in [-0.2, 0) is 33.4 Å². The number of carbonyl (C=O) groups is 5. The summed E-state index contributed by atoms with van der Waals surface area (Å²) in [5.74, 6) is -6.10. The number of ether oxygens (including phenoxy) is 2. The normalized spacial score (nSPS) is 19.2. The third kappa shape index (κ3) is 4.43. The topological polar surface area (TPSA) is 154 Å². The van der Waals surface area contributed by atoms with Crippen LogP contribution in [0.15, 0.2) is 0 Å². The van der Waals surface area contributed by atoms with Gasteiger partial charge in [-0.1, -0.05) is 6.92 Å². The van der Waals surface area contributed by atoms with Crippen molar-refractivity contribution >= 4 is 29.7 Å². The van der Waals surface area contributed by atoms with Crippen LogP contribution >= 0.6 is 0 Å². The van der Waals surface area contributed by atoms with Crippen LogP contribution in [0.4, 0.5) is 0 Å². The Morgan fingerprint density at radius 2 is 1.75 bits per heavy atom. The minimum absolute atomic E-state index is 0.196. The maximum Gasteiger partial charge on any atom is 0.320 e. The number of carbonyl (C=O) groups excluding carboxylic acids is 5. The average molecular weight is 343 g/mol. The fraction of sp³-hybridized carbons (Fsp3) is 0.643. The molecular formula is C14H21N3O7. The number of esters is 2. The predicted molar refractivity (Wildman–Crippen MR) is 79.0 cm³/mol. The molecule has 0 unspecified atom stereocenters. The van der Waals surface area contributed by atoms with E-state index in [0.717, 1.165) is 14.2 Å². The van der Waals surface area contributed by atoms with Crippen molar-refractivity contribution in [2.24, 2.45) is 17.6 Å². The molecule has 1 rings (SSSR count). The number of nitrogens with two attached hydrogens (primary N) is 1. The average Bonchev–Trinajstić information content (AvgIpc) is 2.98. The van der Waals surface area contributed by atoms with Gasteiger partial charge >= 0.3 is 11.9 Å². The smallest absolute Gasteiger partial charge is 0.320 e. The lowest BCUT2D eigenvalue weighted by molar-refractivity contribution is -0.162. The Balaban J connectivity index is 2.94. The van der Waals surface area contributed by atoms with Crippen molar-refractivity contribution in [3.05, 3.63) is 0 Å². The molecular weight excluding hydrogens is 322 g/mol. The molecule has 0 aromatic carbocycles. The highest BCUT2D eigenvalue weighted by Gasteiger charge is 2.42. The van der Waals surface area contributed by atoms with E-state index in [1.807, 2.05) is 0 Å². The summed E-state index contributed by atoms with van der Waals surface area (Å²) in [6.07, 6.45) is 0.476. The van der Waals surface area contributed by atoms with E-state index in [-0.39, 0.29) is 18.7 Å². The van der Waals surface area contributed by atoms with Gasteiger partial charge in [-0.2, -0.15) is 0 Å². The summed E-state index contributed by atoms with van der Waals surface area (Å²) in [6.45, 7) is 1.39. The third-order valence-corrected chi connectivity index (χ3v) is 3.88. The molecule has 134 valence electrons. The highest BCUT2D eigenvalue weighted by molar-refractivity contribution is 5.97. The molecule has 0 saturated carbocycles. The zero-order valence-electron chi connectivity index (χ0n) is 13.7. The van der Waals surface area contributed by atoms with E-state index < -0.39 is 47.7 Å². The van der Waals surface area contributed by atoms with E-state index >= 15 is 0 Å². The molecule has 0 bridgehead atoms. The molecule has 1 saturated heterocycles. The monoisotopic (exact) mass is 343 g/mol. The number of nitrogens with one attached hydrogen (secondary N) is 2. The zero-order chi connectivity index (χ0) is 18.4. The summed E-state index contributed by atoms with van der Waals surface area (Å²) in [5.41, 5.74) is 5.29. The lowest BCUT2D eigenvalue weighted by atomic mass is 9.86. The van der Waals surface area contributed by atoms with Crippen LogP contribution in [0.2, 0.25) is 0 Å². The van der Waals surface area contributed by atoms with Gasteiger partial charge in [0.15, 0.2) is 5.92 Å². The van der Waals surface area contributed by atoms with E-state index in [9.17, 15) is 24.0 Å². The van der Waals surface area contributed by atoms with Gasteiger partial charge in [0.25, 0.3) is 0 Å². The molecule has 0 aromatic rings. The number of hydrogen-bond donors (Lipinski definition) is 3. The van der Waals surface area contributed by atoms with Crippen LogP contribution in [0.25, 0.3) is 0 Å². The van der Waals surface area contributed by atoms with E-state index in [1.54, 1.807) is 0 Å². The van der Waals surface area contributed by atoms with Crippen molar-refractivity contribution in [2.45, 2.75) is 31.8 Å². The Morgan fingerprint density at radius 3 is 2.12 bits per heavy atom. The van der Waals surface area contributed by atoms with Gasteiger partial charge in [0.05, 0.1) is 14.2 Å². The number of amides is 3. The Labute approximate surface area is 138 Å². The molecule has 0 aromatic heterocycles. The Bertz CT molecular complexity index is 532. The largest absolute Gasteiger partial charge is 0.468 e. The van der Waals surface area contributed by atoms with E-state index in [2.05, 4.69) is 20.1 Å². The van der Waals surface area contributed by atoms with Gasteiger partial charge in [0.2, 0.25) is 17.7 Å². The van der Waals surface area contributed by atoms with Crippen molar-refractivity contribution in [3.63, 3.8) is 0 Å². The molecule has 1 aliphatic rings. The highest BCUT2D eigenvalue weighted by Crippen LogP contribution is 2.20. The Kier molecular flexibility index (Phi) is 6.69. The van der Waals surface area contributed by atoms with Crippen molar-refractivity contribution in [1.29, 1.82) is 0 Å². The van der Waals surface area contributed by atoms with Crippen LogP contribution in [0.5, 0.6) is 0 Å². The van der Waals surface area contributed by atoms with Gasteiger partial charge in [0, 0.05) is 12.3 Å². The standard InChI is InChI=1S/C14H21N3O7/c1-6(9(13(21)23-2)14(22)24-3)10(11(15)19)17-12(20)7-4-5-8(18)16-7/h6-7,9-10H,4-5H2,1-3H3,(H2,15,19)(H,16,18)(H,17,20)/t6-,7+,10+/m0/s1. The van der Waals surface area contributed by atoms with Crippen molar-refractivity contribution < 1.29 is 33.4 Å². The first-order chi connectivity index (χ1) is 11.2. The molecule has 0 spiro atoms. The molecule has 4 N–H and O–H groups in total. The predicted octanol–water partition coefficient (Wildman–Crippen LogP) is -2.17. The molecule has 1 fully saturated rings. The first-order valence-electron chi connectivity index (χ1n) is 7.27. The van der Waals surface area contributed by atoms with Gasteiger partial charge in [-0.05, 0) is 6.42 Å². The maximum atomic E-state index is 12.1. The molecule has 3 atom stereocenters. The number of methoxy groups -OCH3 is 2. The fourth-order valence-corrected chi connectivity index (χ4v) is 2.50. The highest BCUT2D eigenvalue weighted by atomic mass is 16.5. The van der Waals surface area contributed by atoms with E-state index in [1.165, 1.54) is 6.92 Å².